The van der Waals surface area contributed by atoms with E-state index in [9.17, 15) is 0 Å². The second-order valence-electron chi connectivity index (χ2n) is 4.79. The molecule has 0 spiro atoms. The lowest BCUT2D eigenvalue weighted by Gasteiger charge is -2.10. The van der Waals surface area contributed by atoms with Crippen LogP contribution in [0, 0.1) is 20.8 Å². The molecule has 0 aliphatic heterocycles. The Morgan fingerprint density at radius 1 is 0.944 bits per heavy atom. The lowest BCUT2D eigenvalue weighted by molar-refractivity contribution is 0.677. The molecule has 2 rings (SSSR count). The van der Waals surface area contributed by atoms with E-state index in [2.05, 4.69) is 43.2 Å². The first kappa shape index (κ1) is 12.8. The number of aromatic nitrogens is 1. The number of benzene rings is 1. The zero-order valence-electron chi connectivity index (χ0n) is 11.3. The van der Waals surface area contributed by atoms with Crippen molar-refractivity contribution in [1.82, 2.24) is 10.3 Å². The van der Waals surface area contributed by atoms with Gasteiger partial charge in [-0.25, -0.2) is 0 Å². The van der Waals surface area contributed by atoms with Crippen LogP contribution in [0.4, 0.5) is 0 Å². The highest BCUT2D eigenvalue weighted by molar-refractivity contribution is 5.36. The fourth-order valence-electron chi connectivity index (χ4n) is 2.04. The van der Waals surface area contributed by atoms with Crippen LogP contribution in [0.1, 0.15) is 27.9 Å². The van der Waals surface area contributed by atoms with Gasteiger partial charge in [-0.2, -0.15) is 0 Å². The molecule has 18 heavy (non-hydrogen) atoms. The van der Waals surface area contributed by atoms with Gasteiger partial charge < -0.3 is 5.32 Å². The quantitative estimate of drug-likeness (QED) is 0.887. The van der Waals surface area contributed by atoms with Gasteiger partial charge in [-0.1, -0.05) is 18.2 Å². The van der Waals surface area contributed by atoms with Crippen LogP contribution in [0.5, 0.6) is 0 Å². The Bertz CT molecular complexity index is 518. The predicted octanol–water partition coefficient (Wildman–Crippen LogP) is 3.30. The minimum absolute atomic E-state index is 0.813. The number of hydrogen-bond donors (Lipinski definition) is 1. The molecular formula is C16H20N2. The average molecular weight is 240 g/mol. The van der Waals surface area contributed by atoms with Gasteiger partial charge >= 0.3 is 0 Å². The van der Waals surface area contributed by atoms with Gasteiger partial charge in [0.25, 0.3) is 0 Å². The normalized spacial score (nSPS) is 10.6. The molecule has 0 fully saturated rings. The molecule has 0 aliphatic rings. The predicted molar refractivity (Wildman–Crippen MR) is 75.4 cm³/mol. The Morgan fingerprint density at radius 2 is 1.72 bits per heavy atom. The van der Waals surface area contributed by atoms with Crippen molar-refractivity contribution >= 4 is 0 Å². The maximum atomic E-state index is 4.30. The number of rotatable bonds is 4. The molecule has 0 unspecified atom stereocenters. The summed E-state index contributed by atoms with van der Waals surface area (Å²) in [5.41, 5.74) is 6.52. The molecule has 2 aromatic rings. The van der Waals surface area contributed by atoms with Crippen LogP contribution >= 0.6 is 0 Å². The topological polar surface area (TPSA) is 24.9 Å². The van der Waals surface area contributed by atoms with Crippen molar-refractivity contribution in [2.75, 3.05) is 0 Å². The lowest BCUT2D eigenvalue weighted by Crippen LogP contribution is -2.14. The second-order valence-corrected chi connectivity index (χ2v) is 4.79. The minimum atomic E-state index is 0.813. The number of hydrogen-bond acceptors (Lipinski definition) is 2. The highest BCUT2D eigenvalue weighted by Gasteiger charge is 2.01. The van der Waals surface area contributed by atoms with Gasteiger partial charge in [0, 0.05) is 19.3 Å². The summed E-state index contributed by atoms with van der Waals surface area (Å²) in [7, 11) is 0. The molecule has 1 N–H and O–H groups in total. The summed E-state index contributed by atoms with van der Waals surface area (Å²) < 4.78 is 0. The van der Waals surface area contributed by atoms with Crippen LogP contribution in [0.15, 0.2) is 36.5 Å². The average Bonchev–Trinajstić information content (AvgIpc) is 2.37. The monoisotopic (exact) mass is 240 g/mol. The maximum absolute atomic E-state index is 4.30. The van der Waals surface area contributed by atoms with Gasteiger partial charge in [-0.3, -0.25) is 4.98 Å². The Kier molecular flexibility index (Phi) is 4.11. The standard InChI is InChI=1S/C16H20N2/c1-12-8-14(3)15(9-13(12)2)10-17-11-16-6-4-5-7-18-16/h4-9,17H,10-11H2,1-3H3. The highest BCUT2D eigenvalue weighted by Crippen LogP contribution is 2.15. The molecule has 1 aromatic heterocycles. The smallest absolute Gasteiger partial charge is 0.0541 e. The number of nitrogens with zero attached hydrogens (tertiary/aromatic N) is 1. The van der Waals surface area contributed by atoms with Crippen LogP contribution in [0.25, 0.3) is 0 Å². The van der Waals surface area contributed by atoms with E-state index in [4.69, 9.17) is 0 Å². The van der Waals surface area contributed by atoms with Crippen molar-refractivity contribution in [3.63, 3.8) is 0 Å². The summed E-state index contributed by atoms with van der Waals surface area (Å²) in [6.45, 7) is 8.20. The molecule has 0 bridgehead atoms. The molecule has 0 saturated heterocycles. The molecule has 1 heterocycles. The summed E-state index contributed by atoms with van der Waals surface area (Å²) in [5, 5.41) is 3.44. The van der Waals surface area contributed by atoms with Gasteiger partial charge in [-0.05, 0) is 55.2 Å². The van der Waals surface area contributed by atoms with Crippen molar-refractivity contribution in [2.24, 2.45) is 0 Å². The zero-order valence-corrected chi connectivity index (χ0v) is 11.3. The van der Waals surface area contributed by atoms with Crippen LogP contribution in [0.3, 0.4) is 0 Å². The van der Waals surface area contributed by atoms with Crippen molar-refractivity contribution < 1.29 is 0 Å². The van der Waals surface area contributed by atoms with Gasteiger partial charge in [0.05, 0.1) is 5.69 Å². The SMILES string of the molecule is Cc1cc(C)c(CNCc2ccccn2)cc1C. The number of nitrogens with one attached hydrogen (secondary N) is 1. The van der Waals surface area contributed by atoms with Crippen LogP contribution in [-0.4, -0.2) is 4.98 Å². The highest BCUT2D eigenvalue weighted by atomic mass is 14.9. The maximum Gasteiger partial charge on any atom is 0.0541 e. The zero-order chi connectivity index (χ0) is 13.0. The summed E-state index contributed by atoms with van der Waals surface area (Å²) in [6, 6.07) is 10.5. The molecular weight excluding hydrogens is 220 g/mol. The largest absolute Gasteiger partial charge is 0.307 e. The van der Waals surface area contributed by atoms with Crippen molar-refractivity contribution in [3.8, 4) is 0 Å². The Labute approximate surface area is 109 Å². The summed E-state index contributed by atoms with van der Waals surface area (Å²) >= 11 is 0. The Hall–Kier alpha value is -1.67. The summed E-state index contributed by atoms with van der Waals surface area (Å²) in [4.78, 5) is 4.30. The van der Waals surface area contributed by atoms with E-state index >= 15 is 0 Å². The van der Waals surface area contributed by atoms with Crippen LogP contribution in [-0.2, 0) is 13.1 Å². The van der Waals surface area contributed by atoms with Crippen LogP contribution in [0.2, 0.25) is 0 Å². The van der Waals surface area contributed by atoms with E-state index in [0.29, 0.717) is 0 Å². The fourth-order valence-corrected chi connectivity index (χ4v) is 2.04. The summed E-state index contributed by atoms with van der Waals surface area (Å²) in [5.74, 6) is 0. The lowest BCUT2D eigenvalue weighted by atomic mass is 10.0. The summed E-state index contributed by atoms with van der Waals surface area (Å²) in [6.07, 6.45) is 1.83. The van der Waals surface area contributed by atoms with Gasteiger partial charge in [0.1, 0.15) is 0 Å². The van der Waals surface area contributed by atoms with Crippen molar-refractivity contribution in [2.45, 2.75) is 33.9 Å². The van der Waals surface area contributed by atoms with E-state index < -0.39 is 0 Å². The molecule has 2 heteroatoms. The van der Waals surface area contributed by atoms with Crippen molar-refractivity contribution in [1.29, 1.82) is 0 Å². The van der Waals surface area contributed by atoms with E-state index in [1.54, 1.807) is 0 Å². The third-order valence-corrected chi connectivity index (χ3v) is 3.30. The van der Waals surface area contributed by atoms with E-state index in [-0.39, 0.29) is 0 Å². The first-order valence-corrected chi connectivity index (χ1v) is 6.34. The minimum Gasteiger partial charge on any atom is -0.307 e. The van der Waals surface area contributed by atoms with Gasteiger partial charge in [0.2, 0.25) is 0 Å². The molecule has 1 aromatic carbocycles. The molecule has 94 valence electrons. The van der Waals surface area contributed by atoms with Crippen LogP contribution < -0.4 is 5.32 Å². The Morgan fingerprint density at radius 3 is 2.44 bits per heavy atom. The van der Waals surface area contributed by atoms with E-state index in [0.717, 1.165) is 18.8 Å². The van der Waals surface area contributed by atoms with E-state index in [1.165, 1.54) is 22.3 Å². The molecule has 2 nitrogen and oxygen atoms in total. The molecule has 0 saturated carbocycles. The first-order valence-electron chi connectivity index (χ1n) is 6.34. The molecule has 0 amide bonds. The van der Waals surface area contributed by atoms with Crippen molar-refractivity contribution in [3.05, 3.63) is 64.5 Å². The molecule has 0 radical (unpaired) electrons. The van der Waals surface area contributed by atoms with E-state index in [1.807, 2.05) is 24.4 Å². The van der Waals surface area contributed by atoms with Gasteiger partial charge in [-0.15, -0.1) is 0 Å². The molecule has 0 aliphatic carbocycles. The second kappa shape index (κ2) is 5.78. The fraction of sp³-hybridized carbons (Fsp3) is 0.312. The third kappa shape index (κ3) is 3.17. The first-order chi connectivity index (χ1) is 8.66. The third-order valence-electron chi connectivity index (χ3n) is 3.30. The molecule has 0 atom stereocenters. The van der Waals surface area contributed by atoms with Gasteiger partial charge in [0.15, 0.2) is 0 Å². The number of aryl methyl sites for hydroxylation is 3. The number of pyridine rings is 1. The Balaban J connectivity index is 1.97.